The number of hydrogen-bond donors (Lipinski definition) is 1. The van der Waals surface area contributed by atoms with Crippen molar-refractivity contribution in [1.82, 2.24) is 5.32 Å². The molecular formula is C26H38N2O. The van der Waals surface area contributed by atoms with Gasteiger partial charge in [0.15, 0.2) is 0 Å². The first kappa shape index (κ1) is 21.9. The van der Waals surface area contributed by atoms with Crippen LogP contribution in [0.4, 0.5) is 5.69 Å². The lowest BCUT2D eigenvalue weighted by atomic mass is 9.66. The van der Waals surface area contributed by atoms with E-state index in [2.05, 4.69) is 93.6 Å². The van der Waals surface area contributed by atoms with Gasteiger partial charge in [-0.1, -0.05) is 48.9 Å². The minimum absolute atomic E-state index is 0.0227. The highest BCUT2D eigenvalue weighted by Crippen LogP contribution is 2.45. The van der Waals surface area contributed by atoms with Crippen molar-refractivity contribution in [2.45, 2.75) is 64.0 Å². The van der Waals surface area contributed by atoms with Crippen LogP contribution in [0.2, 0.25) is 0 Å². The third kappa shape index (κ3) is 5.40. The molecule has 0 amide bonds. The highest BCUT2D eigenvalue weighted by Gasteiger charge is 2.43. The standard InChI is InChI=1S/C26H38N2O/c1-6-25(3)20-26(16-18-29-25,23-11-7-21(2)8-12-23)15-17-27-19-22-9-13-24(14-10-22)28(4)5/h7-14,27H,6,15-20H2,1-5H3/t25?,26-/m1/s1. The fourth-order valence-electron chi connectivity index (χ4n) is 4.56. The van der Waals surface area contributed by atoms with E-state index in [-0.39, 0.29) is 11.0 Å². The number of benzene rings is 2. The van der Waals surface area contributed by atoms with Crippen LogP contribution in [0.15, 0.2) is 48.5 Å². The summed E-state index contributed by atoms with van der Waals surface area (Å²) in [4.78, 5) is 2.14. The Balaban J connectivity index is 1.66. The first-order chi connectivity index (χ1) is 13.9. The predicted molar refractivity (Wildman–Crippen MR) is 124 cm³/mol. The van der Waals surface area contributed by atoms with Crippen LogP contribution in [-0.2, 0) is 16.7 Å². The molecule has 1 aliphatic heterocycles. The van der Waals surface area contributed by atoms with Crippen molar-refractivity contribution in [3.8, 4) is 0 Å². The van der Waals surface area contributed by atoms with E-state index in [4.69, 9.17) is 4.74 Å². The van der Waals surface area contributed by atoms with Crippen LogP contribution in [0.5, 0.6) is 0 Å². The molecule has 0 spiro atoms. The zero-order valence-corrected chi connectivity index (χ0v) is 18.9. The highest BCUT2D eigenvalue weighted by atomic mass is 16.5. The molecule has 158 valence electrons. The molecule has 0 bridgehead atoms. The Hall–Kier alpha value is -1.84. The summed E-state index contributed by atoms with van der Waals surface area (Å²) in [7, 11) is 4.16. The first-order valence-electron chi connectivity index (χ1n) is 11.0. The van der Waals surface area contributed by atoms with Gasteiger partial charge in [0.05, 0.1) is 5.60 Å². The van der Waals surface area contributed by atoms with Gasteiger partial charge in [-0.2, -0.15) is 0 Å². The van der Waals surface area contributed by atoms with Crippen molar-refractivity contribution in [3.63, 3.8) is 0 Å². The Morgan fingerprint density at radius 2 is 1.72 bits per heavy atom. The van der Waals surface area contributed by atoms with Crippen LogP contribution in [0.1, 0.15) is 56.2 Å². The number of rotatable bonds is 8. The molecule has 3 rings (SSSR count). The van der Waals surface area contributed by atoms with E-state index in [9.17, 15) is 0 Å². The monoisotopic (exact) mass is 394 g/mol. The van der Waals surface area contributed by atoms with Gasteiger partial charge in [-0.15, -0.1) is 0 Å². The Morgan fingerprint density at radius 1 is 1.03 bits per heavy atom. The van der Waals surface area contributed by atoms with Gasteiger partial charge < -0.3 is 15.0 Å². The molecule has 29 heavy (non-hydrogen) atoms. The molecule has 0 saturated carbocycles. The molecule has 2 aromatic rings. The first-order valence-corrected chi connectivity index (χ1v) is 11.0. The lowest BCUT2D eigenvalue weighted by Gasteiger charge is -2.47. The van der Waals surface area contributed by atoms with Gasteiger partial charge in [0, 0.05) is 38.3 Å². The van der Waals surface area contributed by atoms with Crippen LogP contribution in [-0.4, -0.2) is 32.8 Å². The zero-order valence-electron chi connectivity index (χ0n) is 18.9. The Labute approximate surface area is 177 Å². The van der Waals surface area contributed by atoms with E-state index < -0.39 is 0 Å². The van der Waals surface area contributed by atoms with Crippen molar-refractivity contribution in [3.05, 3.63) is 65.2 Å². The van der Waals surface area contributed by atoms with Gasteiger partial charge in [-0.3, -0.25) is 0 Å². The Morgan fingerprint density at radius 3 is 2.34 bits per heavy atom. The molecular weight excluding hydrogens is 356 g/mol. The second kappa shape index (κ2) is 9.32. The minimum Gasteiger partial charge on any atom is -0.378 e. The summed E-state index contributed by atoms with van der Waals surface area (Å²) in [5.41, 5.74) is 5.55. The average Bonchev–Trinajstić information content (AvgIpc) is 2.72. The van der Waals surface area contributed by atoms with Crippen molar-refractivity contribution in [1.29, 1.82) is 0 Å². The summed E-state index contributed by atoms with van der Waals surface area (Å²) in [6.45, 7) is 9.49. The molecule has 1 heterocycles. The number of aryl methyl sites for hydroxylation is 1. The molecule has 1 N–H and O–H groups in total. The molecule has 2 aromatic carbocycles. The number of nitrogens with zero attached hydrogens (tertiary/aromatic N) is 1. The lowest BCUT2D eigenvalue weighted by molar-refractivity contribution is -0.0979. The summed E-state index contributed by atoms with van der Waals surface area (Å²) < 4.78 is 6.20. The van der Waals surface area contributed by atoms with Crippen LogP contribution in [0, 0.1) is 6.92 Å². The molecule has 0 aliphatic carbocycles. The van der Waals surface area contributed by atoms with Gasteiger partial charge in [0.25, 0.3) is 0 Å². The molecule has 1 aliphatic rings. The zero-order chi connectivity index (χ0) is 20.9. The molecule has 3 heteroatoms. The average molecular weight is 395 g/mol. The predicted octanol–water partition coefficient (Wildman–Crippen LogP) is 5.46. The van der Waals surface area contributed by atoms with Gasteiger partial charge in [0.1, 0.15) is 0 Å². The summed E-state index contributed by atoms with van der Waals surface area (Å²) in [6.07, 6.45) is 4.40. The SMILES string of the molecule is CCC1(C)C[C@](CCNCc2ccc(N(C)C)cc2)(c2ccc(C)cc2)CCO1. The van der Waals surface area contributed by atoms with Gasteiger partial charge >= 0.3 is 0 Å². The van der Waals surface area contributed by atoms with E-state index in [1.165, 1.54) is 22.4 Å². The van der Waals surface area contributed by atoms with Gasteiger partial charge in [-0.25, -0.2) is 0 Å². The molecule has 2 atom stereocenters. The van der Waals surface area contributed by atoms with E-state index in [0.29, 0.717) is 0 Å². The van der Waals surface area contributed by atoms with Gasteiger partial charge in [-0.05, 0) is 69.3 Å². The number of nitrogens with one attached hydrogen (secondary N) is 1. The molecule has 3 nitrogen and oxygen atoms in total. The Bertz CT molecular complexity index is 768. The normalized spacial score (nSPS) is 24.4. The molecule has 1 saturated heterocycles. The van der Waals surface area contributed by atoms with Crippen molar-refractivity contribution in [2.75, 3.05) is 32.1 Å². The van der Waals surface area contributed by atoms with Crippen molar-refractivity contribution in [2.24, 2.45) is 0 Å². The summed E-state index contributed by atoms with van der Waals surface area (Å²) in [5, 5.41) is 3.69. The summed E-state index contributed by atoms with van der Waals surface area (Å²) >= 11 is 0. The quantitative estimate of drug-likeness (QED) is 0.602. The van der Waals surface area contributed by atoms with E-state index in [0.717, 1.165) is 45.4 Å². The van der Waals surface area contributed by atoms with E-state index >= 15 is 0 Å². The van der Waals surface area contributed by atoms with Crippen LogP contribution in [0.25, 0.3) is 0 Å². The molecule has 1 fully saturated rings. The molecule has 0 radical (unpaired) electrons. The minimum atomic E-state index is -0.0227. The Kier molecular flexibility index (Phi) is 7.02. The van der Waals surface area contributed by atoms with Gasteiger partial charge in [0.2, 0.25) is 0 Å². The molecule has 0 aromatic heterocycles. The number of ether oxygens (including phenoxy) is 1. The second-order valence-electron chi connectivity index (χ2n) is 9.21. The fourth-order valence-corrected chi connectivity index (χ4v) is 4.56. The topological polar surface area (TPSA) is 24.5 Å². The number of hydrogen-bond acceptors (Lipinski definition) is 3. The summed E-state index contributed by atoms with van der Waals surface area (Å²) in [5.74, 6) is 0. The van der Waals surface area contributed by atoms with Crippen LogP contribution < -0.4 is 10.2 Å². The van der Waals surface area contributed by atoms with E-state index in [1.54, 1.807) is 0 Å². The largest absolute Gasteiger partial charge is 0.378 e. The second-order valence-corrected chi connectivity index (χ2v) is 9.21. The highest BCUT2D eigenvalue weighted by molar-refractivity contribution is 5.46. The third-order valence-electron chi connectivity index (χ3n) is 6.72. The summed E-state index contributed by atoms with van der Waals surface area (Å²) in [6, 6.07) is 18.0. The van der Waals surface area contributed by atoms with Crippen molar-refractivity contribution < 1.29 is 4.74 Å². The lowest BCUT2D eigenvalue weighted by Crippen LogP contribution is -2.46. The van der Waals surface area contributed by atoms with E-state index in [1.807, 2.05) is 0 Å². The van der Waals surface area contributed by atoms with Crippen molar-refractivity contribution >= 4 is 5.69 Å². The maximum absolute atomic E-state index is 6.20. The number of anilines is 1. The smallest absolute Gasteiger partial charge is 0.0660 e. The fraction of sp³-hybridized carbons (Fsp3) is 0.538. The maximum atomic E-state index is 6.20. The third-order valence-corrected chi connectivity index (χ3v) is 6.72. The maximum Gasteiger partial charge on any atom is 0.0660 e. The van der Waals surface area contributed by atoms with Crippen LogP contribution >= 0.6 is 0 Å². The molecule has 1 unspecified atom stereocenters. The van der Waals surface area contributed by atoms with Crippen LogP contribution in [0.3, 0.4) is 0 Å².